The summed E-state index contributed by atoms with van der Waals surface area (Å²) in [5, 5.41) is 3.55. The molecule has 0 aromatic heterocycles. The van der Waals surface area contributed by atoms with Crippen molar-refractivity contribution in [1.29, 1.82) is 0 Å². The molecule has 0 radical (unpaired) electrons. The molecule has 1 heterocycles. The fourth-order valence-electron chi connectivity index (χ4n) is 2.36. The topological polar surface area (TPSA) is 24.5 Å². The van der Waals surface area contributed by atoms with Crippen molar-refractivity contribution in [3.63, 3.8) is 0 Å². The van der Waals surface area contributed by atoms with Gasteiger partial charge in [-0.1, -0.05) is 13.8 Å². The van der Waals surface area contributed by atoms with E-state index in [9.17, 15) is 0 Å². The number of rotatable bonds is 7. The van der Waals surface area contributed by atoms with Crippen LogP contribution in [0.1, 0.15) is 33.1 Å². The minimum absolute atomic E-state index is 0.615. The second-order valence-electron chi connectivity index (χ2n) is 5.22. The minimum Gasteiger partial charge on any atom is -0.385 e. The second-order valence-corrected chi connectivity index (χ2v) is 5.22. The van der Waals surface area contributed by atoms with Crippen molar-refractivity contribution in [1.82, 2.24) is 10.2 Å². The molecule has 1 N–H and O–H groups in total. The van der Waals surface area contributed by atoms with E-state index in [-0.39, 0.29) is 0 Å². The molecule has 0 spiro atoms. The first-order valence-electron chi connectivity index (χ1n) is 6.67. The van der Waals surface area contributed by atoms with Crippen molar-refractivity contribution in [3.8, 4) is 0 Å². The van der Waals surface area contributed by atoms with Gasteiger partial charge in [-0.25, -0.2) is 0 Å². The summed E-state index contributed by atoms with van der Waals surface area (Å²) in [5.74, 6) is 0.846. The predicted molar refractivity (Wildman–Crippen MR) is 68.8 cm³/mol. The van der Waals surface area contributed by atoms with Gasteiger partial charge in [0.1, 0.15) is 0 Å². The molecule has 1 rings (SSSR count). The molecule has 1 fully saturated rings. The molecular weight excluding hydrogens is 200 g/mol. The van der Waals surface area contributed by atoms with Crippen LogP contribution in [-0.2, 0) is 4.74 Å². The molecule has 0 bridgehead atoms. The molecule has 1 unspecified atom stereocenters. The highest BCUT2D eigenvalue weighted by atomic mass is 16.5. The monoisotopic (exact) mass is 228 g/mol. The summed E-state index contributed by atoms with van der Waals surface area (Å²) in [4.78, 5) is 2.59. The lowest BCUT2D eigenvalue weighted by Crippen LogP contribution is -2.41. The summed E-state index contributed by atoms with van der Waals surface area (Å²) in [5.41, 5.74) is 0. The Labute approximate surface area is 101 Å². The van der Waals surface area contributed by atoms with E-state index in [0.717, 1.165) is 12.5 Å². The number of methoxy groups -OCH3 is 1. The zero-order chi connectivity index (χ0) is 11.8. The van der Waals surface area contributed by atoms with Crippen molar-refractivity contribution in [2.75, 3.05) is 39.9 Å². The van der Waals surface area contributed by atoms with Crippen molar-refractivity contribution in [2.45, 2.75) is 39.2 Å². The lowest BCUT2D eigenvalue weighted by molar-refractivity contribution is 0.139. The maximum absolute atomic E-state index is 5.10. The third-order valence-electron chi connectivity index (χ3n) is 3.24. The molecule has 3 nitrogen and oxygen atoms in total. The first kappa shape index (κ1) is 13.9. The molecule has 1 atom stereocenters. The van der Waals surface area contributed by atoms with Crippen LogP contribution in [0.2, 0.25) is 0 Å². The summed E-state index contributed by atoms with van der Waals surface area (Å²) in [7, 11) is 1.78. The van der Waals surface area contributed by atoms with E-state index in [1.807, 2.05) is 0 Å². The highest BCUT2D eigenvalue weighted by molar-refractivity contribution is 4.75. The van der Waals surface area contributed by atoms with E-state index in [2.05, 4.69) is 24.1 Å². The van der Waals surface area contributed by atoms with Gasteiger partial charge in [0, 0.05) is 32.8 Å². The van der Waals surface area contributed by atoms with Crippen LogP contribution >= 0.6 is 0 Å². The smallest absolute Gasteiger partial charge is 0.0474 e. The maximum Gasteiger partial charge on any atom is 0.0474 e. The summed E-state index contributed by atoms with van der Waals surface area (Å²) in [6, 6.07) is 0.615. The van der Waals surface area contributed by atoms with Crippen LogP contribution in [0.5, 0.6) is 0 Å². The summed E-state index contributed by atoms with van der Waals surface area (Å²) in [6.07, 6.45) is 3.92. The predicted octanol–water partition coefficient (Wildman–Crippen LogP) is 1.73. The Bertz CT molecular complexity index is 173. The van der Waals surface area contributed by atoms with Gasteiger partial charge in [0.15, 0.2) is 0 Å². The van der Waals surface area contributed by atoms with Crippen molar-refractivity contribution in [3.05, 3.63) is 0 Å². The van der Waals surface area contributed by atoms with Crippen molar-refractivity contribution in [2.24, 2.45) is 5.92 Å². The molecule has 1 aliphatic rings. The third-order valence-corrected chi connectivity index (χ3v) is 3.24. The van der Waals surface area contributed by atoms with Crippen LogP contribution in [0.15, 0.2) is 0 Å². The number of hydrogen-bond donors (Lipinski definition) is 1. The molecule has 3 heteroatoms. The molecular formula is C13H28N2O. The van der Waals surface area contributed by atoms with E-state index in [1.165, 1.54) is 45.4 Å². The molecule has 1 saturated heterocycles. The Kier molecular flexibility index (Phi) is 7.01. The molecule has 0 aliphatic carbocycles. The largest absolute Gasteiger partial charge is 0.385 e. The lowest BCUT2D eigenvalue weighted by atomic mass is 9.97. The normalized spacial score (nSPS) is 22.9. The molecule has 0 amide bonds. The Morgan fingerprint density at radius 2 is 2.25 bits per heavy atom. The molecule has 0 saturated carbocycles. The van der Waals surface area contributed by atoms with Gasteiger partial charge in [-0.15, -0.1) is 0 Å². The van der Waals surface area contributed by atoms with Crippen LogP contribution < -0.4 is 5.32 Å². The Morgan fingerprint density at radius 3 is 2.94 bits per heavy atom. The molecule has 0 aromatic carbocycles. The van der Waals surface area contributed by atoms with Crippen LogP contribution in [0.3, 0.4) is 0 Å². The first-order chi connectivity index (χ1) is 7.72. The van der Waals surface area contributed by atoms with E-state index in [4.69, 9.17) is 4.74 Å². The SMILES string of the molecule is COCCCN1CCCC(CNC(C)C)C1. The zero-order valence-electron chi connectivity index (χ0n) is 11.2. The molecule has 16 heavy (non-hydrogen) atoms. The number of nitrogens with one attached hydrogen (secondary N) is 1. The molecule has 0 aromatic rings. The third kappa shape index (κ3) is 5.83. The number of nitrogens with zero attached hydrogens (tertiary/aromatic N) is 1. The van der Waals surface area contributed by atoms with Crippen LogP contribution in [0.25, 0.3) is 0 Å². The van der Waals surface area contributed by atoms with Gasteiger partial charge < -0.3 is 15.0 Å². The van der Waals surface area contributed by atoms with Crippen LogP contribution in [-0.4, -0.2) is 50.8 Å². The maximum atomic E-state index is 5.10. The van der Waals surface area contributed by atoms with E-state index >= 15 is 0 Å². The van der Waals surface area contributed by atoms with Crippen molar-refractivity contribution < 1.29 is 4.74 Å². The molecule has 1 aliphatic heterocycles. The summed E-state index contributed by atoms with van der Waals surface area (Å²) in [6.45, 7) is 10.3. The van der Waals surface area contributed by atoms with E-state index in [1.54, 1.807) is 7.11 Å². The first-order valence-corrected chi connectivity index (χ1v) is 6.67. The standard InChI is InChI=1S/C13H28N2O/c1-12(2)14-10-13-6-4-7-15(11-13)8-5-9-16-3/h12-14H,4-11H2,1-3H3. The Hall–Kier alpha value is -0.120. The average molecular weight is 228 g/mol. The lowest BCUT2D eigenvalue weighted by Gasteiger charge is -2.33. The Balaban J connectivity index is 2.14. The molecule has 96 valence electrons. The van der Waals surface area contributed by atoms with Crippen LogP contribution in [0.4, 0.5) is 0 Å². The fourth-order valence-corrected chi connectivity index (χ4v) is 2.36. The number of hydrogen-bond acceptors (Lipinski definition) is 3. The number of ether oxygens (including phenoxy) is 1. The summed E-state index contributed by atoms with van der Waals surface area (Å²) < 4.78 is 5.10. The van der Waals surface area contributed by atoms with Gasteiger partial charge >= 0.3 is 0 Å². The van der Waals surface area contributed by atoms with Gasteiger partial charge in [0.25, 0.3) is 0 Å². The zero-order valence-corrected chi connectivity index (χ0v) is 11.2. The highest BCUT2D eigenvalue weighted by Crippen LogP contribution is 2.15. The van der Waals surface area contributed by atoms with E-state index in [0.29, 0.717) is 6.04 Å². The van der Waals surface area contributed by atoms with Gasteiger partial charge in [0.05, 0.1) is 0 Å². The van der Waals surface area contributed by atoms with Gasteiger partial charge in [-0.2, -0.15) is 0 Å². The second kappa shape index (κ2) is 8.04. The Morgan fingerprint density at radius 1 is 1.44 bits per heavy atom. The van der Waals surface area contributed by atoms with Crippen molar-refractivity contribution >= 4 is 0 Å². The average Bonchev–Trinajstić information content (AvgIpc) is 2.27. The summed E-state index contributed by atoms with van der Waals surface area (Å²) >= 11 is 0. The number of likely N-dealkylation sites (tertiary alicyclic amines) is 1. The van der Waals surface area contributed by atoms with Gasteiger partial charge in [-0.05, 0) is 38.3 Å². The minimum atomic E-state index is 0.615. The number of piperidine rings is 1. The van der Waals surface area contributed by atoms with E-state index < -0.39 is 0 Å². The van der Waals surface area contributed by atoms with Crippen LogP contribution in [0, 0.1) is 5.92 Å². The van der Waals surface area contributed by atoms with Gasteiger partial charge in [0.2, 0.25) is 0 Å². The van der Waals surface area contributed by atoms with Gasteiger partial charge in [-0.3, -0.25) is 0 Å². The fraction of sp³-hybridized carbons (Fsp3) is 1.00. The quantitative estimate of drug-likeness (QED) is 0.672. The highest BCUT2D eigenvalue weighted by Gasteiger charge is 2.19.